The van der Waals surface area contributed by atoms with E-state index in [0.29, 0.717) is 18.9 Å². The number of benzene rings is 1. The SMILES string of the molecule is O=C(CCc1ccc2c(c1)OCO2)NC1CCC(n2cc(-c3ccncn3)cn2)CC1. The molecule has 0 bridgehead atoms. The van der Waals surface area contributed by atoms with Gasteiger partial charge in [0.15, 0.2) is 11.5 Å². The van der Waals surface area contributed by atoms with Crippen molar-refractivity contribution in [2.24, 2.45) is 0 Å². The summed E-state index contributed by atoms with van der Waals surface area (Å²) in [6.45, 7) is 0.266. The van der Waals surface area contributed by atoms with Gasteiger partial charge >= 0.3 is 0 Å². The van der Waals surface area contributed by atoms with E-state index in [2.05, 4.69) is 26.6 Å². The smallest absolute Gasteiger partial charge is 0.231 e. The molecular formula is C23H25N5O3. The first-order chi connectivity index (χ1) is 15.2. The number of aryl methyl sites for hydroxylation is 1. The van der Waals surface area contributed by atoms with Gasteiger partial charge in [-0.1, -0.05) is 6.07 Å². The van der Waals surface area contributed by atoms with Crippen LogP contribution in [0.25, 0.3) is 11.3 Å². The molecule has 31 heavy (non-hydrogen) atoms. The van der Waals surface area contributed by atoms with Crippen molar-refractivity contribution in [3.8, 4) is 22.8 Å². The lowest BCUT2D eigenvalue weighted by Gasteiger charge is -2.29. The number of aromatic nitrogens is 4. The molecular weight excluding hydrogens is 394 g/mol. The maximum Gasteiger partial charge on any atom is 0.231 e. The maximum absolute atomic E-state index is 12.4. The summed E-state index contributed by atoms with van der Waals surface area (Å²) in [5.41, 5.74) is 2.97. The van der Waals surface area contributed by atoms with E-state index in [-0.39, 0.29) is 18.7 Å². The number of hydrogen-bond acceptors (Lipinski definition) is 6. The highest BCUT2D eigenvalue weighted by molar-refractivity contribution is 5.76. The van der Waals surface area contributed by atoms with Gasteiger partial charge in [-0.15, -0.1) is 0 Å². The first-order valence-corrected chi connectivity index (χ1v) is 10.7. The van der Waals surface area contributed by atoms with Gasteiger partial charge in [-0.2, -0.15) is 5.10 Å². The highest BCUT2D eigenvalue weighted by atomic mass is 16.7. The third-order valence-electron chi connectivity index (χ3n) is 5.99. The Hall–Kier alpha value is -3.42. The Labute approximate surface area is 180 Å². The van der Waals surface area contributed by atoms with Gasteiger partial charge in [0, 0.05) is 30.4 Å². The predicted octanol–water partition coefficient (Wildman–Crippen LogP) is 3.30. The molecule has 1 aliphatic heterocycles. The van der Waals surface area contributed by atoms with E-state index in [1.54, 1.807) is 12.5 Å². The Bertz CT molecular complexity index is 1040. The first-order valence-electron chi connectivity index (χ1n) is 10.7. The highest BCUT2D eigenvalue weighted by Crippen LogP contribution is 2.33. The van der Waals surface area contributed by atoms with Crippen LogP contribution in [0.5, 0.6) is 11.5 Å². The van der Waals surface area contributed by atoms with Gasteiger partial charge in [0.1, 0.15) is 6.33 Å². The van der Waals surface area contributed by atoms with Gasteiger partial charge in [0.05, 0.1) is 17.9 Å². The number of fused-ring (bicyclic) bond motifs is 1. The van der Waals surface area contributed by atoms with E-state index in [1.807, 2.05) is 35.1 Å². The van der Waals surface area contributed by atoms with Gasteiger partial charge in [-0.25, -0.2) is 9.97 Å². The number of amides is 1. The fourth-order valence-corrected chi connectivity index (χ4v) is 4.27. The standard InChI is InChI=1S/C23H25N5O3/c29-23(8-2-16-1-7-21-22(11-16)31-15-30-21)27-18-3-5-19(6-4-18)28-13-17(12-26-28)20-9-10-24-14-25-20/h1,7,9-14,18-19H,2-6,8,15H2,(H,27,29). The molecule has 1 fully saturated rings. The molecule has 8 heteroatoms. The van der Waals surface area contributed by atoms with Crippen LogP contribution in [0.15, 0.2) is 49.2 Å². The number of carbonyl (C=O) groups is 1. The van der Waals surface area contributed by atoms with E-state index in [0.717, 1.165) is 54.0 Å². The molecule has 8 nitrogen and oxygen atoms in total. The quantitative estimate of drug-likeness (QED) is 0.659. The number of nitrogens with zero attached hydrogens (tertiary/aromatic N) is 4. The molecule has 1 amide bonds. The van der Waals surface area contributed by atoms with Crippen LogP contribution in [0.4, 0.5) is 0 Å². The summed E-state index contributed by atoms with van der Waals surface area (Å²) in [4.78, 5) is 20.7. The Balaban J connectivity index is 1.08. The molecule has 0 saturated heterocycles. The lowest BCUT2D eigenvalue weighted by molar-refractivity contribution is -0.122. The summed E-state index contributed by atoms with van der Waals surface area (Å²) in [5.74, 6) is 1.63. The largest absolute Gasteiger partial charge is 0.454 e. The van der Waals surface area contributed by atoms with Crippen LogP contribution in [0.2, 0.25) is 0 Å². The molecule has 1 N–H and O–H groups in total. The maximum atomic E-state index is 12.4. The van der Waals surface area contributed by atoms with E-state index in [4.69, 9.17) is 9.47 Å². The minimum atomic E-state index is 0.103. The molecule has 2 aliphatic rings. The van der Waals surface area contributed by atoms with Crippen molar-refractivity contribution in [3.63, 3.8) is 0 Å². The summed E-state index contributed by atoms with van der Waals surface area (Å²) >= 11 is 0. The second-order valence-electron chi connectivity index (χ2n) is 8.06. The van der Waals surface area contributed by atoms with Crippen LogP contribution >= 0.6 is 0 Å². The van der Waals surface area contributed by atoms with Crippen LogP contribution in [0, 0.1) is 0 Å². The predicted molar refractivity (Wildman–Crippen MR) is 114 cm³/mol. The van der Waals surface area contributed by atoms with Gasteiger partial charge < -0.3 is 14.8 Å². The minimum Gasteiger partial charge on any atom is -0.454 e. The Morgan fingerprint density at radius 1 is 1.13 bits per heavy atom. The number of nitrogens with one attached hydrogen (secondary N) is 1. The molecule has 0 radical (unpaired) electrons. The fraction of sp³-hybridized carbons (Fsp3) is 0.391. The van der Waals surface area contributed by atoms with Gasteiger partial charge in [0.25, 0.3) is 0 Å². The van der Waals surface area contributed by atoms with Crippen molar-refractivity contribution in [2.75, 3.05) is 6.79 Å². The van der Waals surface area contributed by atoms with E-state index in [9.17, 15) is 4.79 Å². The molecule has 160 valence electrons. The summed E-state index contributed by atoms with van der Waals surface area (Å²) in [5, 5.41) is 7.74. The van der Waals surface area contributed by atoms with Crippen LogP contribution < -0.4 is 14.8 Å². The monoisotopic (exact) mass is 419 g/mol. The zero-order valence-electron chi connectivity index (χ0n) is 17.2. The van der Waals surface area contributed by atoms with E-state index >= 15 is 0 Å². The number of carbonyl (C=O) groups excluding carboxylic acids is 1. The second-order valence-corrected chi connectivity index (χ2v) is 8.06. The van der Waals surface area contributed by atoms with Crippen molar-refractivity contribution in [1.82, 2.24) is 25.1 Å². The van der Waals surface area contributed by atoms with Gasteiger partial charge in [0.2, 0.25) is 12.7 Å². The van der Waals surface area contributed by atoms with Crippen molar-refractivity contribution >= 4 is 5.91 Å². The van der Waals surface area contributed by atoms with E-state index < -0.39 is 0 Å². The van der Waals surface area contributed by atoms with E-state index in [1.165, 1.54) is 0 Å². The fourth-order valence-electron chi connectivity index (χ4n) is 4.27. The summed E-state index contributed by atoms with van der Waals surface area (Å²) < 4.78 is 12.8. The second kappa shape index (κ2) is 8.75. The highest BCUT2D eigenvalue weighted by Gasteiger charge is 2.24. The van der Waals surface area contributed by atoms with Crippen molar-refractivity contribution in [1.29, 1.82) is 0 Å². The summed E-state index contributed by atoms with van der Waals surface area (Å²) in [6.07, 6.45) is 12.3. The molecule has 1 aliphatic carbocycles. The summed E-state index contributed by atoms with van der Waals surface area (Å²) in [7, 11) is 0. The Kier molecular flexibility index (Phi) is 5.52. The molecule has 2 aromatic heterocycles. The molecule has 1 aromatic carbocycles. The van der Waals surface area contributed by atoms with Crippen LogP contribution in [0.1, 0.15) is 43.7 Å². The van der Waals surface area contributed by atoms with Crippen molar-refractivity contribution in [3.05, 3.63) is 54.7 Å². The first kappa shape index (κ1) is 19.5. The lowest BCUT2D eigenvalue weighted by atomic mass is 9.91. The molecule has 0 unspecified atom stereocenters. The molecule has 0 spiro atoms. The zero-order chi connectivity index (χ0) is 21.0. The van der Waals surface area contributed by atoms with Crippen LogP contribution in [-0.4, -0.2) is 38.5 Å². The zero-order valence-corrected chi connectivity index (χ0v) is 17.2. The number of rotatable bonds is 6. The minimum absolute atomic E-state index is 0.103. The average Bonchev–Trinajstić information content (AvgIpc) is 3.48. The average molecular weight is 419 g/mol. The van der Waals surface area contributed by atoms with Crippen LogP contribution in [-0.2, 0) is 11.2 Å². The lowest BCUT2D eigenvalue weighted by Crippen LogP contribution is -2.38. The molecule has 0 atom stereocenters. The van der Waals surface area contributed by atoms with Crippen molar-refractivity contribution in [2.45, 2.75) is 50.6 Å². The number of hydrogen-bond donors (Lipinski definition) is 1. The Morgan fingerprint density at radius 2 is 2.00 bits per heavy atom. The van der Waals surface area contributed by atoms with Crippen LogP contribution in [0.3, 0.4) is 0 Å². The molecule has 3 heterocycles. The van der Waals surface area contributed by atoms with Gasteiger partial charge in [-0.3, -0.25) is 9.48 Å². The normalized spacial score (nSPS) is 19.9. The Morgan fingerprint density at radius 3 is 2.84 bits per heavy atom. The number of ether oxygens (including phenoxy) is 2. The topological polar surface area (TPSA) is 91.2 Å². The molecule has 5 rings (SSSR count). The summed E-state index contributed by atoms with van der Waals surface area (Å²) in [6, 6.07) is 8.33. The molecule has 1 saturated carbocycles. The third-order valence-corrected chi connectivity index (χ3v) is 5.99. The van der Waals surface area contributed by atoms with Crippen molar-refractivity contribution < 1.29 is 14.3 Å². The molecule has 3 aromatic rings. The third kappa shape index (κ3) is 4.52. The van der Waals surface area contributed by atoms with Gasteiger partial charge in [-0.05, 0) is 55.9 Å².